The summed E-state index contributed by atoms with van der Waals surface area (Å²) >= 11 is 0. The molecule has 1 N–H and O–H groups in total. The number of hydrogen-bond acceptors (Lipinski definition) is 1. The molecule has 0 aromatic carbocycles. The average Bonchev–Trinajstić information content (AvgIpc) is 2.81. The zero-order valence-electron chi connectivity index (χ0n) is 7.43. The Morgan fingerprint density at radius 3 is 2.42 bits per heavy atom. The predicted octanol–water partition coefficient (Wildman–Crippen LogP) is 2.29. The summed E-state index contributed by atoms with van der Waals surface area (Å²) in [6, 6.07) is 0. The lowest BCUT2D eigenvalue weighted by Gasteiger charge is -2.22. The van der Waals surface area contributed by atoms with E-state index in [1.165, 1.54) is 32.1 Å². The van der Waals surface area contributed by atoms with Gasteiger partial charge in [0.1, 0.15) is 5.67 Å². The molecule has 12 heavy (non-hydrogen) atoms. The molecule has 2 atom stereocenters. The van der Waals surface area contributed by atoms with Gasteiger partial charge in [0.2, 0.25) is 0 Å². The van der Waals surface area contributed by atoms with Crippen LogP contribution in [0.15, 0.2) is 0 Å². The summed E-state index contributed by atoms with van der Waals surface area (Å²) in [7, 11) is 0. The molecule has 2 fully saturated rings. The Bertz CT molecular complexity index is 162. The van der Waals surface area contributed by atoms with E-state index in [0.29, 0.717) is 12.3 Å². The number of aliphatic hydroxyl groups excluding tert-OH is 1. The fraction of sp³-hybridized carbons (Fsp3) is 1.00. The van der Waals surface area contributed by atoms with Crippen molar-refractivity contribution in [2.45, 2.75) is 44.2 Å². The maximum Gasteiger partial charge on any atom is 0.137 e. The second-order valence-electron chi connectivity index (χ2n) is 4.40. The molecule has 2 rings (SSSR count). The lowest BCUT2D eigenvalue weighted by atomic mass is 9.85. The van der Waals surface area contributed by atoms with Crippen molar-refractivity contribution in [3.63, 3.8) is 0 Å². The van der Waals surface area contributed by atoms with Crippen LogP contribution in [0.2, 0.25) is 0 Å². The Balaban J connectivity index is 1.86. The van der Waals surface area contributed by atoms with Crippen molar-refractivity contribution < 1.29 is 9.50 Å². The zero-order valence-corrected chi connectivity index (χ0v) is 7.43. The van der Waals surface area contributed by atoms with Crippen LogP contribution in [0.1, 0.15) is 38.5 Å². The van der Waals surface area contributed by atoms with Crippen molar-refractivity contribution >= 4 is 0 Å². The van der Waals surface area contributed by atoms with Gasteiger partial charge in [-0.15, -0.1) is 0 Å². The Labute approximate surface area is 73.0 Å². The molecule has 0 unspecified atom stereocenters. The lowest BCUT2D eigenvalue weighted by Crippen LogP contribution is -2.18. The van der Waals surface area contributed by atoms with E-state index in [4.69, 9.17) is 5.11 Å². The SMILES string of the molecule is OC[C@@]1(F)C[C@H]1C1CCCCC1. The average molecular weight is 172 g/mol. The number of hydrogen-bond donors (Lipinski definition) is 1. The first-order valence-corrected chi connectivity index (χ1v) is 5.06. The highest BCUT2D eigenvalue weighted by atomic mass is 19.1. The molecule has 2 heteroatoms. The summed E-state index contributed by atoms with van der Waals surface area (Å²) in [6.07, 6.45) is 6.85. The van der Waals surface area contributed by atoms with Gasteiger partial charge in [0.05, 0.1) is 6.61 Å². The summed E-state index contributed by atoms with van der Waals surface area (Å²) in [6.45, 7) is -0.256. The van der Waals surface area contributed by atoms with Crippen molar-refractivity contribution in [1.29, 1.82) is 0 Å². The van der Waals surface area contributed by atoms with Crippen LogP contribution in [-0.2, 0) is 0 Å². The molecule has 0 aliphatic heterocycles. The first kappa shape index (κ1) is 8.49. The van der Waals surface area contributed by atoms with Crippen molar-refractivity contribution in [3.05, 3.63) is 0 Å². The zero-order chi connectivity index (χ0) is 8.60. The number of halogens is 1. The second-order valence-corrected chi connectivity index (χ2v) is 4.40. The van der Waals surface area contributed by atoms with Gasteiger partial charge >= 0.3 is 0 Å². The van der Waals surface area contributed by atoms with Crippen LogP contribution in [-0.4, -0.2) is 17.4 Å². The van der Waals surface area contributed by atoms with Crippen molar-refractivity contribution in [2.24, 2.45) is 11.8 Å². The fourth-order valence-electron chi connectivity index (χ4n) is 2.61. The Morgan fingerprint density at radius 1 is 1.25 bits per heavy atom. The molecule has 0 amide bonds. The van der Waals surface area contributed by atoms with Gasteiger partial charge in [-0.1, -0.05) is 32.1 Å². The molecule has 0 radical (unpaired) electrons. The minimum atomic E-state index is -1.18. The molecular weight excluding hydrogens is 155 g/mol. The lowest BCUT2D eigenvalue weighted by molar-refractivity contribution is 0.126. The van der Waals surface area contributed by atoms with Crippen LogP contribution in [0.3, 0.4) is 0 Å². The molecule has 0 aromatic rings. The summed E-state index contributed by atoms with van der Waals surface area (Å²) < 4.78 is 13.4. The van der Waals surface area contributed by atoms with Gasteiger partial charge in [-0.3, -0.25) is 0 Å². The molecule has 0 spiro atoms. The van der Waals surface area contributed by atoms with Crippen LogP contribution in [0.5, 0.6) is 0 Å². The van der Waals surface area contributed by atoms with Crippen LogP contribution in [0.4, 0.5) is 4.39 Å². The quantitative estimate of drug-likeness (QED) is 0.677. The van der Waals surface area contributed by atoms with Crippen LogP contribution >= 0.6 is 0 Å². The van der Waals surface area contributed by atoms with Gasteiger partial charge in [0.15, 0.2) is 0 Å². The molecule has 1 nitrogen and oxygen atoms in total. The largest absolute Gasteiger partial charge is 0.393 e. The highest BCUT2D eigenvalue weighted by Crippen LogP contribution is 2.54. The van der Waals surface area contributed by atoms with Crippen molar-refractivity contribution in [1.82, 2.24) is 0 Å². The van der Waals surface area contributed by atoms with Crippen LogP contribution in [0.25, 0.3) is 0 Å². The molecule has 0 aromatic heterocycles. The van der Waals surface area contributed by atoms with Gasteiger partial charge in [0.25, 0.3) is 0 Å². The molecule has 0 saturated heterocycles. The minimum Gasteiger partial charge on any atom is -0.393 e. The summed E-state index contributed by atoms with van der Waals surface area (Å²) in [5, 5.41) is 8.79. The highest BCUT2D eigenvalue weighted by Gasteiger charge is 2.57. The third kappa shape index (κ3) is 1.37. The second kappa shape index (κ2) is 2.99. The fourth-order valence-corrected chi connectivity index (χ4v) is 2.61. The number of alkyl halides is 1. The summed E-state index contributed by atoms with van der Waals surface area (Å²) in [4.78, 5) is 0. The van der Waals surface area contributed by atoms with Gasteiger partial charge in [-0.2, -0.15) is 0 Å². The smallest absolute Gasteiger partial charge is 0.137 e. The minimum absolute atomic E-state index is 0.197. The maximum atomic E-state index is 13.4. The van der Waals surface area contributed by atoms with Crippen LogP contribution < -0.4 is 0 Å². The van der Waals surface area contributed by atoms with E-state index in [1.54, 1.807) is 0 Å². The van der Waals surface area contributed by atoms with E-state index in [9.17, 15) is 4.39 Å². The Kier molecular flexibility index (Phi) is 2.11. The topological polar surface area (TPSA) is 20.2 Å². The summed E-state index contributed by atoms with van der Waals surface area (Å²) in [5.74, 6) is 0.777. The highest BCUT2D eigenvalue weighted by molar-refractivity contribution is 5.06. The first-order valence-electron chi connectivity index (χ1n) is 5.06. The molecule has 2 saturated carbocycles. The Hall–Kier alpha value is -0.110. The monoisotopic (exact) mass is 172 g/mol. The van der Waals surface area contributed by atoms with Crippen LogP contribution in [0, 0.1) is 11.8 Å². The van der Waals surface area contributed by atoms with E-state index in [2.05, 4.69) is 0 Å². The third-order valence-corrected chi connectivity index (χ3v) is 3.55. The van der Waals surface area contributed by atoms with Crippen molar-refractivity contribution in [2.75, 3.05) is 6.61 Å². The van der Waals surface area contributed by atoms with E-state index in [1.807, 2.05) is 0 Å². The van der Waals surface area contributed by atoms with E-state index < -0.39 is 5.67 Å². The molecule has 70 valence electrons. The van der Waals surface area contributed by atoms with E-state index in [0.717, 1.165) is 0 Å². The van der Waals surface area contributed by atoms with Gasteiger partial charge in [-0.25, -0.2) is 4.39 Å². The normalized spacial score (nSPS) is 43.0. The molecule has 2 aliphatic carbocycles. The van der Waals surface area contributed by atoms with Crippen molar-refractivity contribution in [3.8, 4) is 0 Å². The predicted molar refractivity (Wildman–Crippen MR) is 45.6 cm³/mol. The third-order valence-electron chi connectivity index (χ3n) is 3.55. The molecule has 2 aliphatic rings. The van der Waals surface area contributed by atoms with Gasteiger partial charge < -0.3 is 5.11 Å². The summed E-state index contributed by atoms with van der Waals surface area (Å²) in [5.41, 5.74) is -1.18. The maximum absolute atomic E-state index is 13.4. The van der Waals surface area contributed by atoms with E-state index in [-0.39, 0.29) is 12.5 Å². The standard InChI is InChI=1S/C10H17FO/c11-10(7-12)6-9(10)8-4-2-1-3-5-8/h8-9,12H,1-7H2/t9-,10-/m0/s1. The van der Waals surface area contributed by atoms with Gasteiger partial charge in [-0.05, 0) is 12.3 Å². The van der Waals surface area contributed by atoms with Gasteiger partial charge in [0, 0.05) is 5.92 Å². The van der Waals surface area contributed by atoms with E-state index >= 15 is 0 Å². The molecular formula is C10H17FO. The molecule has 0 heterocycles. The number of aliphatic hydroxyl groups is 1. The molecule has 0 bridgehead atoms. The first-order chi connectivity index (χ1) is 5.76. The Morgan fingerprint density at radius 2 is 1.92 bits per heavy atom. The number of rotatable bonds is 2.